The first kappa shape index (κ1) is 10.7. The van der Waals surface area contributed by atoms with Gasteiger partial charge in [0, 0.05) is 23.0 Å². The normalized spacial score (nSPS) is 10.5. The van der Waals surface area contributed by atoms with E-state index in [4.69, 9.17) is 4.42 Å². The van der Waals surface area contributed by atoms with Gasteiger partial charge in [-0.15, -0.1) is 0 Å². The van der Waals surface area contributed by atoms with Crippen molar-refractivity contribution in [3.63, 3.8) is 0 Å². The maximum absolute atomic E-state index is 5.77. The van der Waals surface area contributed by atoms with Gasteiger partial charge in [-0.3, -0.25) is 4.98 Å². The number of aromatic nitrogens is 2. The van der Waals surface area contributed by atoms with Crippen LogP contribution in [0.5, 0.6) is 0 Å². The van der Waals surface area contributed by atoms with Crippen LogP contribution in [0.1, 0.15) is 5.69 Å². The molecule has 0 spiro atoms. The van der Waals surface area contributed by atoms with E-state index in [9.17, 15) is 0 Å². The summed E-state index contributed by atoms with van der Waals surface area (Å²) in [6.45, 7) is 1.95. The minimum absolute atomic E-state index is 0.624. The Bertz CT molecular complexity index is 659. The van der Waals surface area contributed by atoms with Gasteiger partial charge in [0.05, 0.1) is 6.20 Å². The third-order valence-corrected chi connectivity index (χ3v) is 2.71. The first-order chi connectivity index (χ1) is 8.83. The van der Waals surface area contributed by atoms with E-state index in [1.807, 2.05) is 49.4 Å². The van der Waals surface area contributed by atoms with E-state index in [1.165, 1.54) is 0 Å². The van der Waals surface area contributed by atoms with Crippen molar-refractivity contribution < 1.29 is 4.42 Å². The summed E-state index contributed by atoms with van der Waals surface area (Å²) in [6, 6.07) is 13.8. The fraction of sp³-hybridized carbons (Fsp3) is 0.0667. The van der Waals surface area contributed by atoms with Crippen LogP contribution in [0.2, 0.25) is 0 Å². The number of benzene rings is 1. The molecule has 18 heavy (non-hydrogen) atoms. The fourth-order valence-electron chi connectivity index (χ4n) is 1.82. The molecule has 0 amide bonds. The highest BCUT2D eigenvalue weighted by molar-refractivity contribution is 5.60. The molecule has 88 valence electrons. The Balaban J connectivity index is 2.00. The molecule has 3 nitrogen and oxygen atoms in total. The van der Waals surface area contributed by atoms with Crippen molar-refractivity contribution in [1.29, 1.82) is 0 Å². The Morgan fingerprint density at radius 3 is 2.56 bits per heavy atom. The molecule has 0 radical (unpaired) electrons. The van der Waals surface area contributed by atoms with E-state index < -0.39 is 0 Å². The Morgan fingerprint density at radius 2 is 1.78 bits per heavy atom. The van der Waals surface area contributed by atoms with Crippen molar-refractivity contribution in [3.05, 3.63) is 60.6 Å². The predicted octanol–water partition coefficient (Wildman–Crippen LogP) is 3.71. The molecule has 0 aliphatic carbocycles. The zero-order chi connectivity index (χ0) is 12.4. The van der Waals surface area contributed by atoms with E-state index in [-0.39, 0.29) is 0 Å². The van der Waals surface area contributed by atoms with E-state index in [0.29, 0.717) is 5.89 Å². The molecule has 0 saturated heterocycles. The molecular weight excluding hydrogens is 224 g/mol. The van der Waals surface area contributed by atoms with Gasteiger partial charge in [-0.05, 0) is 19.1 Å². The third-order valence-electron chi connectivity index (χ3n) is 2.71. The van der Waals surface area contributed by atoms with Gasteiger partial charge >= 0.3 is 0 Å². The molecule has 0 fully saturated rings. The van der Waals surface area contributed by atoms with Crippen LogP contribution >= 0.6 is 0 Å². The maximum Gasteiger partial charge on any atom is 0.226 e. The van der Waals surface area contributed by atoms with Gasteiger partial charge in [-0.1, -0.05) is 30.3 Å². The van der Waals surface area contributed by atoms with Gasteiger partial charge < -0.3 is 4.42 Å². The highest BCUT2D eigenvalue weighted by Gasteiger charge is 2.08. The predicted molar refractivity (Wildman–Crippen MR) is 69.9 cm³/mol. The van der Waals surface area contributed by atoms with Gasteiger partial charge in [-0.25, -0.2) is 4.98 Å². The lowest BCUT2D eigenvalue weighted by atomic mass is 10.2. The standard InChI is InChI=1S/C15H12N2O/c1-11-9-13(7-8-16-11)15-17-10-14(18-15)12-5-3-2-4-6-12/h2-10H,1H3. The zero-order valence-corrected chi connectivity index (χ0v) is 10.00. The molecule has 2 aromatic heterocycles. The Hall–Kier alpha value is -2.42. The summed E-state index contributed by atoms with van der Waals surface area (Å²) in [4.78, 5) is 8.47. The van der Waals surface area contributed by atoms with E-state index in [2.05, 4.69) is 9.97 Å². The number of nitrogens with zero attached hydrogens (tertiary/aromatic N) is 2. The third kappa shape index (κ3) is 2.02. The second-order valence-electron chi connectivity index (χ2n) is 4.08. The molecule has 0 bridgehead atoms. The number of hydrogen-bond acceptors (Lipinski definition) is 3. The van der Waals surface area contributed by atoms with Crippen molar-refractivity contribution in [2.24, 2.45) is 0 Å². The fourth-order valence-corrected chi connectivity index (χ4v) is 1.82. The quantitative estimate of drug-likeness (QED) is 0.680. The van der Waals surface area contributed by atoms with Crippen molar-refractivity contribution in [2.75, 3.05) is 0 Å². The maximum atomic E-state index is 5.77. The number of pyridine rings is 1. The Morgan fingerprint density at radius 1 is 0.944 bits per heavy atom. The number of aryl methyl sites for hydroxylation is 1. The van der Waals surface area contributed by atoms with Crippen LogP contribution in [0.4, 0.5) is 0 Å². The van der Waals surface area contributed by atoms with E-state index in [1.54, 1.807) is 12.4 Å². The molecule has 2 heterocycles. The second kappa shape index (κ2) is 4.45. The van der Waals surface area contributed by atoms with Gasteiger partial charge in [0.2, 0.25) is 5.89 Å². The van der Waals surface area contributed by atoms with Gasteiger partial charge in [0.1, 0.15) is 0 Å². The average Bonchev–Trinajstić information content (AvgIpc) is 2.89. The van der Waals surface area contributed by atoms with Crippen LogP contribution in [-0.4, -0.2) is 9.97 Å². The molecule has 3 heteroatoms. The van der Waals surface area contributed by atoms with Gasteiger partial charge in [0.25, 0.3) is 0 Å². The number of rotatable bonds is 2. The number of oxazole rings is 1. The smallest absolute Gasteiger partial charge is 0.226 e. The van der Waals surface area contributed by atoms with Crippen molar-refractivity contribution in [2.45, 2.75) is 6.92 Å². The molecule has 1 aromatic carbocycles. The summed E-state index contributed by atoms with van der Waals surface area (Å²) in [7, 11) is 0. The summed E-state index contributed by atoms with van der Waals surface area (Å²) in [5, 5.41) is 0. The van der Waals surface area contributed by atoms with Crippen LogP contribution < -0.4 is 0 Å². The van der Waals surface area contributed by atoms with Crippen LogP contribution in [0.15, 0.2) is 59.3 Å². The zero-order valence-electron chi connectivity index (χ0n) is 10.00. The molecule has 0 unspecified atom stereocenters. The Kier molecular flexibility index (Phi) is 2.65. The largest absolute Gasteiger partial charge is 0.436 e. The SMILES string of the molecule is Cc1cc(-c2ncc(-c3ccccc3)o2)ccn1. The summed E-state index contributed by atoms with van der Waals surface area (Å²) in [5.41, 5.74) is 2.93. The van der Waals surface area contributed by atoms with Crippen molar-refractivity contribution in [1.82, 2.24) is 9.97 Å². The molecule has 3 rings (SSSR count). The molecular formula is C15H12N2O. The first-order valence-electron chi connectivity index (χ1n) is 5.77. The van der Waals surface area contributed by atoms with Gasteiger partial charge in [0.15, 0.2) is 5.76 Å². The summed E-state index contributed by atoms with van der Waals surface area (Å²) in [6.07, 6.45) is 3.51. The second-order valence-corrected chi connectivity index (χ2v) is 4.08. The first-order valence-corrected chi connectivity index (χ1v) is 5.77. The highest BCUT2D eigenvalue weighted by Crippen LogP contribution is 2.25. The minimum atomic E-state index is 0.624. The lowest BCUT2D eigenvalue weighted by Gasteiger charge is -1.97. The van der Waals surface area contributed by atoms with Gasteiger partial charge in [-0.2, -0.15) is 0 Å². The molecule has 0 aliphatic heterocycles. The van der Waals surface area contributed by atoms with Crippen LogP contribution in [0.25, 0.3) is 22.8 Å². The highest BCUT2D eigenvalue weighted by atomic mass is 16.4. The van der Waals surface area contributed by atoms with Crippen molar-refractivity contribution >= 4 is 0 Å². The van der Waals surface area contributed by atoms with Crippen LogP contribution in [0.3, 0.4) is 0 Å². The van der Waals surface area contributed by atoms with E-state index >= 15 is 0 Å². The number of hydrogen-bond donors (Lipinski definition) is 0. The molecule has 0 saturated carbocycles. The minimum Gasteiger partial charge on any atom is -0.436 e. The summed E-state index contributed by atoms with van der Waals surface area (Å²) >= 11 is 0. The van der Waals surface area contributed by atoms with Crippen molar-refractivity contribution in [3.8, 4) is 22.8 Å². The summed E-state index contributed by atoms with van der Waals surface area (Å²) in [5.74, 6) is 1.40. The lowest BCUT2D eigenvalue weighted by molar-refractivity contribution is 0.588. The molecule has 3 aromatic rings. The molecule has 0 atom stereocenters. The molecule has 0 aliphatic rings. The lowest BCUT2D eigenvalue weighted by Crippen LogP contribution is -1.82. The average molecular weight is 236 g/mol. The molecule has 0 N–H and O–H groups in total. The monoisotopic (exact) mass is 236 g/mol. The summed E-state index contributed by atoms with van der Waals surface area (Å²) < 4.78 is 5.77. The van der Waals surface area contributed by atoms with Crippen LogP contribution in [0, 0.1) is 6.92 Å². The van der Waals surface area contributed by atoms with Crippen LogP contribution in [-0.2, 0) is 0 Å². The Labute approximate surface area is 105 Å². The topological polar surface area (TPSA) is 38.9 Å². The van der Waals surface area contributed by atoms with E-state index in [0.717, 1.165) is 22.6 Å².